The molecule has 0 aliphatic carbocycles. The molecule has 0 bridgehead atoms. The van der Waals surface area contributed by atoms with E-state index in [1.165, 1.54) is 109 Å². The number of phosphoric acid groups is 2. The van der Waals surface area contributed by atoms with Crippen molar-refractivity contribution >= 4 is 39.5 Å². The van der Waals surface area contributed by atoms with Gasteiger partial charge >= 0.3 is 39.5 Å². The number of hydrogen-bond donors (Lipinski definition) is 3. The third-order valence-corrected chi connectivity index (χ3v) is 17.3. The monoisotopic (exact) mass is 1250 g/mol. The zero-order valence-corrected chi connectivity index (χ0v) is 57.0. The Kier molecular flexibility index (Phi) is 54.8. The zero-order valence-electron chi connectivity index (χ0n) is 55.2. The van der Waals surface area contributed by atoms with Gasteiger partial charge in [0.2, 0.25) is 0 Å². The number of ether oxygens (including phenoxy) is 4. The molecule has 0 radical (unpaired) electrons. The summed E-state index contributed by atoms with van der Waals surface area (Å²) >= 11 is 0. The van der Waals surface area contributed by atoms with Gasteiger partial charge in [0.1, 0.15) is 19.3 Å². The maximum atomic E-state index is 13.0. The van der Waals surface area contributed by atoms with Gasteiger partial charge in [-0.25, -0.2) is 9.13 Å². The van der Waals surface area contributed by atoms with Crippen LogP contribution in [-0.4, -0.2) is 96.7 Å². The summed E-state index contributed by atoms with van der Waals surface area (Å²) in [5, 5.41) is 10.5. The molecule has 0 aliphatic rings. The average molecular weight is 1260 g/mol. The third-order valence-electron chi connectivity index (χ3n) is 15.4. The number of unbranched alkanes of at least 4 members (excludes halogenated alkanes) is 28. The lowest BCUT2D eigenvalue weighted by molar-refractivity contribution is -0.161. The fourth-order valence-electron chi connectivity index (χ4n) is 9.75. The van der Waals surface area contributed by atoms with E-state index in [2.05, 4.69) is 55.4 Å². The molecule has 0 rings (SSSR count). The summed E-state index contributed by atoms with van der Waals surface area (Å²) in [6, 6.07) is 0. The molecule has 3 N–H and O–H groups in total. The van der Waals surface area contributed by atoms with E-state index in [-0.39, 0.29) is 25.7 Å². The molecule has 0 aliphatic heterocycles. The lowest BCUT2D eigenvalue weighted by Gasteiger charge is -2.21. The molecule has 0 fully saturated rings. The van der Waals surface area contributed by atoms with Crippen molar-refractivity contribution in [2.75, 3.05) is 39.6 Å². The number of rotatable bonds is 63. The van der Waals surface area contributed by atoms with E-state index in [1.54, 1.807) is 0 Å². The van der Waals surface area contributed by atoms with Gasteiger partial charge in [0.05, 0.1) is 26.4 Å². The van der Waals surface area contributed by atoms with Crippen molar-refractivity contribution in [1.82, 2.24) is 0 Å². The van der Waals surface area contributed by atoms with E-state index in [0.717, 1.165) is 115 Å². The van der Waals surface area contributed by atoms with E-state index in [4.69, 9.17) is 37.0 Å². The van der Waals surface area contributed by atoms with Gasteiger partial charge in [0.15, 0.2) is 12.2 Å². The van der Waals surface area contributed by atoms with Gasteiger partial charge < -0.3 is 33.8 Å². The summed E-state index contributed by atoms with van der Waals surface area (Å²) in [6.07, 6.45) is 36.6. The largest absolute Gasteiger partial charge is 0.472 e. The predicted octanol–water partition coefficient (Wildman–Crippen LogP) is 18.1. The highest BCUT2D eigenvalue weighted by molar-refractivity contribution is 7.47. The summed E-state index contributed by atoms with van der Waals surface area (Å²) in [5.41, 5.74) is 0. The molecule has 0 heterocycles. The number of aliphatic hydroxyl groups excluding tert-OH is 1. The van der Waals surface area contributed by atoms with Crippen molar-refractivity contribution in [3.8, 4) is 0 Å². The summed E-state index contributed by atoms with van der Waals surface area (Å²) in [6.45, 7) is 13.9. The Morgan fingerprint density at radius 1 is 0.329 bits per heavy atom. The highest BCUT2D eigenvalue weighted by Gasteiger charge is 2.30. The second-order valence-electron chi connectivity index (χ2n) is 25.5. The first-order chi connectivity index (χ1) is 40.6. The molecule has 17 nitrogen and oxygen atoms in total. The SMILES string of the molecule is CCC(C)CCCCCCCCC(=O)O[C@H](COC(=O)CCCCCCCCC(C)C)COP(=O)(O)OC[C@H](O)COP(=O)(O)OC[C@@H](COC(=O)CCCCCCCCC(C)C)OC(=O)CCCCCCCCCCCCCCCCC(C)C. The van der Waals surface area contributed by atoms with Gasteiger partial charge in [-0.05, 0) is 49.4 Å². The molecule has 3 unspecified atom stereocenters. The number of phosphoric ester groups is 2. The standard InChI is InChI=1S/C66H128O17P2/c1-9-59(8)45-37-29-22-25-33-41-49-66(71)83-62(53-77-64(69)47-39-31-24-21-28-36-44-58(6)7)55-81-85(74,75)79-51-60(67)50-78-84(72,73)80-54-61(52-76-63(68)46-38-30-23-20-27-35-43-57(4)5)82-65(70)48-40-32-19-17-15-13-11-10-12-14-16-18-26-34-42-56(2)3/h56-62,67H,9-55H2,1-8H3,(H,72,73)(H,74,75)/t59?,60-,61-,62-/m1/s1. The van der Waals surface area contributed by atoms with Crippen LogP contribution in [0.15, 0.2) is 0 Å². The van der Waals surface area contributed by atoms with Crippen LogP contribution in [-0.2, 0) is 65.4 Å². The van der Waals surface area contributed by atoms with Crippen molar-refractivity contribution in [2.24, 2.45) is 23.7 Å². The van der Waals surface area contributed by atoms with Gasteiger partial charge in [0.25, 0.3) is 0 Å². The molecule has 0 aromatic heterocycles. The maximum Gasteiger partial charge on any atom is 0.472 e. The maximum absolute atomic E-state index is 13.0. The molecule has 6 atom stereocenters. The van der Waals surface area contributed by atoms with Crippen LogP contribution in [0.4, 0.5) is 0 Å². The van der Waals surface area contributed by atoms with Gasteiger partial charge in [-0.1, -0.05) is 267 Å². The summed E-state index contributed by atoms with van der Waals surface area (Å²) in [4.78, 5) is 72.2. The second-order valence-corrected chi connectivity index (χ2v) is 28.4. The van der Waals surface area contributed by atoms with E-state index in [1.807, 2.05) is 0 Å². The number of hydrogen-bond acceptors (Lipinski definition) is 15. The van der Waals surface area contributed by atoms with Crippen molar-refractivity contribution in [2.45, 2.75) is 337 Å². The summed E-state index contributed by atoms with van der Waals surface area (Å²) in [7, 11) is -9.89. The average Bonchev–Trinajstić information content (AvgIpc) is 3.56. The Hall–Kier alpha value is -1.94. The summed E-state index contributed by atoms with van der Waals surface area (Å²) < 4.78 is 68.0. The van der Waals surface area contributed by atoms with Gasteiger partial charge in [-0.3, -0.25) is 37.3 Å². The topological polar surface area (TPSA) is 237 Å². The molecule has 0 amide bonds. The van der Waals surface area contributed by atoms with E-state index >= 15 is 0 Å². The fraction of sp³-hybridized carbons (Fsp3) is 0.939. The summed E-state index contributed by atoms with van der Waals surface area (Å²) in [5.74, 6) is 0.733. The first-order valence-corrected chi connectivity index (χ1v) is 37.2. The number of esters is 4. The van der Waals surface area contributed by atoms with Crippen LogP contribution >= 0.6 is 15.6 Å². The highest BCUT2D eigenvalue weighted by atomic mass is 31.2. The fourth-order valence-corrected chi connectivity index (χ4v) is 11.3. The normalized spacial score (nSPS) is 14.7. The highest BCUT2D eigenvalue weighted by Crippen LogP contribution is 2.45. The van der Waals surface area contributed by atoms with Crippen LogP contribution in [0.5, 0.6) is 0 Å². The van der Waals surface area contributed by atoms with E-state index < -0.39 is 97.5 Å². The smallest absolute Gasteiger partial charge is 0.462 e. The van der Waals surface area contributed by atoms with Gasteiger partial charge in [-0.2, -0.15) is 0 Å². The first-order valence-electron chi connectivity index (χ1n) is 34.2. The molecule has 19 heteroatoms. The van der Waals surface area contributed by atoms with Crippen molar-refractivity contribution in [3.05, 3.63) is 0 Å². The second kappa shape index (κ2) is 56.1. The van der Waals surface area contributed by atoms with Crippen LogP contribution < -0.4 is 0 Å². The zero-order chi connectivity index (χ0) is 63.2. The van der Waals surface area contributed by atoms with Crippen molar-refractivity contribution in [1.29, 1.82) is 0 Å². The first kappa shape index (κ1) is 83.1. The molecule has 0 saturated carbocycles. The Morgan fingerprint density at radius 3 is 0.835 bits per heavy atom. The number of carbonyl (C=O) groups excluding carboxylic acids is 4. The Labute approximate surface area is 517 Å². The Bertz CT molecular complexity index is 1700. The van der Waals surface area contributed by atoms with Crippen LogP contribution in [0.25, 0.3) is 0 Å². The molecule has 0 aromatic carbocycles. The molecular formula is C66H128O17P2. The molecule has 0 saturated heterocycles. The van der Waals surface area contributed by atoms with Crippen LogP contribution in [0.1, 0.15) is 319 Å². The van der Waals surface area contributed by atoms with E-state index in [0.29, 0.717) is 37.5 Å². The lowest BCUT2D eigenvalue weighted by atomic mass is 10.00. The minimum atomic E-state index is -4.95. The predicted molar refractivity (Wildman–Crippen MR) is 340 cm³/mol. The van der Waals surface area contributed by atoms with Crippen molar-refractivity contribution < 1.29 is 80.2 Å². The van der Waals surface area contributed by atoms with Gasteiger partial charge in [0, 0.05) is 25.7 Å². The lowest BCUT2D eigenvalue weighted by Crippen LogP contribution is -2.30. The van der Waals surface area contributed by atoms with Crippen molar-refractivity contribution in [3.63, 3.8) is 0 Å². The third kappa shape index (κ3) is 59.5. The minimum Gasteiger partial charge on any atom is -0.462 e. The van der Waals surface area contributed by atoms with Crippen LogP contribution in [0.2, 0.25) is 0 Å². The molecule has 0 spiro atoms. The van der Waals surface area contributed by atoms with Gasteiger partial charge in [-0.15, -0.1) is 0 Å². The van der Waals surface area contributed by atoms with Crippen LogP contribution in [0, 0.1) is 23.7 Å². The molecule has 504 valence electrons. The molecule has 85 heavy (non-hydrogen) atoms. The minimum absolute atomic E-state index is 0.101. The number of aliphatic hydroxyl groups is 1. The Balaban J connectivity index is 5.20. The molecule has 0 aromatic rings. The molecular weight excluding hydrogens is 1130 g/mol. The van der Waals surface area contributed by atoms with E-state index in [9.17, 15) is 43.2 Å². The number of carbonyl (C=O) groups is 4. The quantitative estimate of drug-likeness (QED) is 0.0222. The van der Waals surface area contributed by atoms with Crippen LogP contribution in [0.3, 0.4) is 0 Å². The Morgan fingerprint density at radius 2 is 0.565 bits per heavy atom.